The molecule has 0 aromatic carbocycles. The molecule has 3 heterocycles. The van der Waals surface area contributed by atoms with E-state index in [0.29, 0.717) is 19.1 Å². The molecule has 3 aliphatic rings. The van der Waals surface area contributed by atoms with Crippen molar-refractivity contribution < 1.29 is 18.8 Å². The lowest BCUT2D eigenvalue weighted by molar-refractivity contribution is 0.00578. The van der Waals surface area contributed by atoms with Crippen LogP contribution in [-0.4, -0.2) is 42.5 Å². The zero-order chi connectivity index (χ0) is 17.8. The van der Waals surface area contributed by atoms with Gasteiger partial charge in [0.15, 0.2) is 0 Å². The summed E-state index contributed by atoms with van der Waals surface area (Å²) in [5, 5.41) is 0. The van der Waals surface area contributed by atoms with E-state index < -0.39 is 18.3 Å². The van der Waals surface area contributed by atoms with Gasteiger partial charge in [0.1, 0.15) is 0 Å². The Kier molecular flexibility index (Phi) is 3.85. The third-order valence-corrected chi connectivity index (χ3v) is 5.72. The van der Waals surface area contributed by atoms with Gasteiger partial charge >= 0.3 is 13.2 Å². The SMILES string of the molecule is CC1(C)OB(c2cnc3c(c2)N(C(=O)OCC2CC2)CC3)OC1(C)C. The number of hydrogen-bond donors (Lipinski definition) is 0. The van der Waals surface area contributed by atoms with E-state index in [1.165, 1.54) is 0 Å². The second-order valence-corrected chi connectivity index (χ2v) is 8.24. The molecule has 1 saturated heterocycles. The zero-order valence-electron chi connectivity index (χ0n) is 15.4. The summed E-state index contributed by atoms with van der Waals surface area (Å²) >= 11 is 0. The molecule has 4 rings (SSSR count). The van der Waals surface area contributed by atoms with Gasteiger partial charge in [-0.2, -0.15) is 0 Å². The van der Waals surface area contributed by atoms with Gasteiger partial charge in [-0.15, -0.1) is 0 Å². The number of pyridine rings is 1. The molecule has 1 amide bonds. The maximum atomic E-state index is 12.4. The highest BCUT2D eigenvalue weighted by Gasteiger charge is 2.52. The maximum absolute atomic E-state index is 12.4. The first kappa shape index (κ1) is 16.9. The van der Waals surface area contributed by atoms with Crippen LogP contribution in [0.25, 0.3) is 0 Å². The molecule has 0 atom stereocenters. The van der Waals surface area contributed by atoms with Crippen molar-refractivity contribution in [3.63, 3.8) is 0 Å². The number of aromatic nitrogens is 1. The lowest BCUT2D eigenvalue weighted by Crippen LogP contribution is -2.41. The van der Waals surface area contributed by atoms with Crippen LogP contribution in [0.3, 0.4) is 0 Å². The number of rotatable bonds is 3. The van der Waals surface area contributed by atoms with Crippen LogP contribution in [0, 0.1) is 5.92 Å². The van der Waals surface area contributed by atoms with Crippen LogP contribution in [0.1, 0.15) is 46.2 Å². The Labute approximate surface area is 149 Å². The fourth-order valence-corrected chi connectivity index (χ4v) is 3.11. The third-order valence-electron chi connectivity index (χ3n) is 5.72. The van der Waals surface area contributed by atoms with Gasteiger partial charge in [0.05, 0.1) is 29.2 Å². The van der Waals surface area contributed by atoms with E-state index >= 15 is 0 Å². The third kappa shape index (κ3) is 3.04. The predicted molar refractivity (Wildman–Crippen MR) is 95.1 cm³/mol. The smallest absolute Gasteiger partial charge is 0.449 e. The van der Waals surface area contributed by atoms with E-state index in [-0.39, 0.29) is 6.09 Å². The molecule has 0 radical (unpaired) electrons. The minimum absolute atomic E-state index is 0.279. The van der Waals surface area contributed by atoms with Crippen LogP contribution in [0.4, 0.5) is 10.5 Å². The van der Waals surface area contributed by atoms with Gasteiger partial charge in [0, 0.05) is 24.6 Å². The summed E-state index contributed by atoms with van der Waals surface area (Å²) in [5.41, 5.74) is 1.76. The first-order chi connectivity index (χ1) is 11.8. The molecule has 134 valence electrons. The van der Waals surface area contributed by atoms with Gasteiger partial charge < -0.3 is 14.0 Å². The Balaban J connectivity index is 1.53. The van der Waals surface area contributed by atoms with Gasteiger partial charge in [-0.05, 0) is 52.5 Å². The molecule has 1 aromatic heterocycles. The topological polar surface area (TPSA) is 60.9 Å². The molecule has 1 aliphatic carbocycles. The molecule has 2 fully saturated rings. The summed E-state index contributed by atoms with van der Waals surface area (Å²) in [6.07, 6.45) is 4.59. The average molecular weight is 344 g/mol. The van der Waals surface area contributed by atoms with E-state index in [4.69, 9.17) is 14.0 Å². The first-order valence-corrected chi connectivity index (χ1v) is 9.05. The molecule has 0 bridgehead atoms. The van der Waals surface area contributed by atoms with Crippen LogP contribution < -0.4 is 10.4 Å². The summed E-state index contributed by atoms with van der Waals surface area (Å²) < 4.78 is 17.6. The number of fused-ring (bicyclic) bond motifs is 1. The zero-order valence-corrected chi connectivity index (χ0v) is 15.4. The van der Waals surface area contributed by atoms with Gasteiger partial charge in [0.2, 0.25) is 0 Å². The van der Waals surface area contributed by atoms with E-state index in [0.717, 1.165) is 36.1 Å². The van der Waals surface area contributed by atoms with Crippen molar-refractivity contribution in [1.29, 1.82) is 0 Å². The Morgan fingerprint density at radius 1 is 1.32 bits per heavy atom. The van der Waals surface area contributed by atoms with E-state index in [1.54, 1.807) is 11.1 Å². The standard InChI is InChI=1S/C18H25BN2O4/c1-17(2)18(3,4)25-19(24-17)13-9-15-14(20-10-13)7-8-21(15)16(22)23-11-12-5-6-12/h9-10,12H,5-8,11H2,1-4H3. The van der Waals surface area contributed by atoms with Crippen molar-refractivity contribution in [2.24, 2.45) is 5.92 Å². The average Bonchev–Trinajstić information content (AvgIpc) is 3.23. The highest BCUT2D eigenvalue weighted by atomic mass is 16.7. The van der Waals surface area contributed by atoms with Gasteiger partial charge in [0.25, 0.3) is 0 Å². The summed E-state index contributed by atoms with van der Waals surface area (Å²) in [4.78, 5) is 18.6. The Bertz CT molecular complexity index is 686. The fraction of sp³-hybridized carbons (Fsp3) is 0.667. The highest BCUT2D eigenvalue weighted by molar-refractivity contribution is 6.62. The van der Waals surface area contributed by atoms with Crippen molar-refractivity contribution in [3.05, 3.63) is 18.0 Å². The van der Waals surface area contributed by atoms with Gasteiger partial charge in [-0.3, -0.25) is 9.88 Å². The summed E-state index contributed by atoms with van der Waals surface area (Å²) in [6.45, 7) is 9.23. The predicted octanol–water partition coefficient (Wildman–Crippen LogP) is 2.29. The number of nitrogens with zero attached hydrogens (tertiary/aromatic N) is 2. The van der Waals surface area contributed by atoms with Crippen LogP contribution in [0.5, 0.6) is 0 Å². The largest absolute Gasteiger partial charge is 0.496 e. The lowest BCUT2D eigenvalue weighted by Gasteiger charge is -2.32. The van der Waals surface area contributed by atoms with E-state index in [9.17, 15) is 4.79 Å². The summed E-state index contributed by atoms with van der Waals surface area (Å²) in [7, 11) is -0.479. The quantitative estimate of drug-likeness (QED) is 0.788. The van der Waals surface area contributed by atoms with Crippen molar-refractivity contribution in [2.45, 2.75) is 58.2 Å². The monoisotopic (exact) mass is 344 g/mol. The van der Waals surface area contributed by atoms with E-state index in [2.05, 4.69) is 4.98 Å². The highest BCUT2D eigenvalue weighted by Crippen LogP contribution is 2.37. The van der Waals surface area contributed by atoms with Gasteiger partial charge in [-0.25, -0.2) is 4.79 Å². The van der Waals surface area contributed by atoms with Crippen molar-refractivity contribution in [2.75, 3.05) is 18.1 Å². The van der Waals surface area contributed by atoms with Gasteiger partial charge in [-0.1, -0.05) is 0 Å². The number of hydrogen-bond acceptors (Lipinski definition) is 5. The molecule has 0 N–H and O–H groups in total. The number of anilines is 1. The summed E-state index contributed by atoms with van der Waals surface area (Å²) in [6, 6.07) is 1.95. The number of carbonyl (C=O) groups is 1. The second kappa shape index (κ2) is 5.71. The van der Waals surface area contributed by atoms with Crippen LogP contribution in [-0.2, 0) is 20.5 Å². The Hall–Kier alpha value is -1.60. The number of amides is 1. The van der Waals surface area contributed by atoms with Crippen LogP contribution in [0.15, 0.2) is 12.3 Å². The first-order valence-electron chi connectivity index (χ1n) is 9.05. The molecule has 2 aliphatic heterocycles. The lowest BCUT2D eigenvalue weighted by atomic mass is 9.80. The molecule has 6 nitrogen and oxygen atoms in total. The molecule has 0 spiro atoms. The molecule has 25 heavy (non-hydrogen) atoms. The number of carbonyl (C=O) groups excluding carboxylic acids is 1. The van der Waals surface area contributed by atoms with Crippen molar-refractivity contribution in [1.82, 2.24) is 4.98 Å². The second-order valence-electron chi connectivity index (χ2n) is 8.24. The van der Waals surface area contributed by atoms with Crippen molar-refractivity contribution >= 4 is 24.4 Å². The Morgan fingerprint density at radius 3 is 2.64 bits per heavy atom. The maximum Gasteiger partial charge on any atom is 0.496 e. The van der Waals surface area contributed by atoms with Crippen molar-refractivity contribution in [3.8, 4) is 0 Å². The number of ether oxygens (including phenoxy) is 1. The fourth-order valence-electron chi connectivity index (χ4n) is 3.11. The molecule has 1 saturated carbocycles. The molecule has 0 unspecified atom stereocenters. The van der Waals surface area contributed by atoms with Crippen LogP contribution in [0.2, 0.25) is 0 Å². The molecule has 1 aromatic rings. The van der Waals surface area contributed by atoms with Crippen LogP contribution >= 0.6 is 0 Å². The molecule has 7 heteroatoms. The van der Waals surface area contributed by atoms with E-state index in [1.807, 2.05) is 33.8 Å². The Morgan fingerprint density at radius 2 is 2.00 bits per heavy atom. The summed E-state index contributed by atoms with van der Waals surface area (Å²) in [5.74, 6) is 0.556. The minimum atomic E-state index is -0.479. The minimum Gasteiger partial charge on any atom is -0.449 e. The molecular formula is C18H25BN2O4. The normalized spacial score (nSPS) is 23.7. The molecular weight excluding hydrogens is 319 g/mol.